The molecule has 1 aromatic carbocycles. The zero-order valence-corrected chi connectivity index (χ0v) is 10.5. The molecule has 0 fully saturated rings. The van der Waals surface area contributed by atoms with Crippen molar-refractivity contribution in [2.45, 2.75) is 0 Å². The quantitative estimate of drug-likeness (QED) is 0.776. The molecule has 0 aliphatic heterocycles. The maximum atomic E-state index is 6.17. The summed E-state index contributed by atoms with van der Waals surface area (Å²) in [5.41, 5.74) is 8.41. The number of hydrogen-bond donors (Lipinski definition) is 1. The van der Waals surface area contributed by atoms with Crippen LogP contribution in [0.2, 0.25) is 5.02 Å². The van der Waals surface area contributed by atoms with E-state index in [1.54, 1.807) is 18.3 Å². The predicted molar refractivity (Wildman–Crippen MR) is 72.4 cm³/mol. The van der Waals surface area contributed by atoms with Crippen molar-refractivity contribution >= 4 is 17.5 Å². The first-order chi connectivity index (χ1) is 9.27. The zero-order chi connectivity index (χ0) is 13.2. The van der Waals surface area contributed by atoms with E-state index in [1.165, 1.54) is 6.33 Å². The summed E-state index contributed by atoms with van der Waals surface area (Å²) in [6.45, 7) is 0. The van der Waals surface area contributed by atoms with Crippen LogP contribution in [-0.4, -0.2) is 15.1 Å². The Kier molecular flexibility index (Phi) is 2.89. The van der Waals surface area contributed by atoms with Crippen molar-refractivity contribution in [3.05, 3.63) is 47.9 Å². The molecule has 0 atom stereocenters. The van der Waals surface area contributed by atoms with Crippen LogP contribution in [0.3, 0.4) is 0 Å². The molecular formula is C13H9ClN4O. The van der Waals surface area contributed by atoms with Crippen LogP contribution in [-0.2, 0) is 0 Å². The third-order valence-electron chi connectivity index (χ3n) is 2.69. The van der Waals surface area contributed by atoms with Gasteiger partial charge in [-0.25, -0.2) is 9.97 Å². The van der Waals surface area contributed by atoms with Gasteiger partial charge in [0.2, 0.25) is 5.88 Å². The topological polar surface area (TPSA) is 77.8 Å². The van der Waals surface area contributed by atoms with Gasteiger partial charge in [-0.3, -0.25) is 0 Å². The fourth-order valence-electron chi connectivity index (χ4n) is 1.83. The van der Waals surface area contributed by atoms with Gasteiger partial charge in [0.05, 0.1) is 16.3 Å². The second kappa shape index (κ2) is 4.70. The molecule has 0 spiro atoms. The summed E-state index contributed by atoms with van der Waals surface area (Å²) < 4.78 is 5.07. The van der Waals surface area contributed by atoms with Crippen molar-refractivity contribution in [1.82, 2.24) is 15.1 Å². The average molecular weight is 273 g/mol. The van der Waals surface area contributed by atoms with Gasteiger partial charge in [-0.05, 0) is 12.1 Å². The molecule has 19 heavy (non-hydrogen) atoms. The highest BCUT2D eigenvalue weighted by Crippen LogP contribution is 2.37. The molecule has 0 saturated heterocycles. The average Bonchev–Trinajstić information content (AvgIpc) is 2.82. The van der Waals surface area contributed by atoms with Crippen LogP contribution in [0.1, 0.15) is 0 Å². The minimum Gasteiger partial charge on any atom is -0.367 e. The van der Waals surface area contributed by atoms with Gasteiger partial charge < -0.3 is 10.3 Å². The Balaban J connectivity index is 2.23. The highest BCUT2D eigenvalue weighted by Gasteiger charge is 2.19. The van der Waals surface area contributed by atoms with E-state index >= 15 is 0 Å². The summed E-state index contributed by atoms with van der Waals surface area (Å²) in [6.07, 6.45) is 3.07. The van der Waals surface area contributed by atoms with E-state index in [9.17, 15) is 0 Å². The summed E-state index contributed by atoms with van der Waals surface area (Å²) in [4.78, 5) is 8.04. The van der Waals surface area contributed by atoms with Crippen molar-refractivity contribution in [3.8, 4) is 22.5 Å². The zero-order valence-electron chi connectivity index (χ0n) is 9.75. The van der Waals surface area contributed by atoms with Crippen molar-refractivity contribution < 1.29 is 4.52 Å². The van der Waals surface area contributed by atoms with Gasteiger partial charge >= 0.3 is 0 Å². The molecule has 0 aliphatic rings. The predicted octanol–water partition coefficient (Wildman–Crippen LogP) is 3.03. The van der Waals surface area contributed by atoms with Gasteiger partial charge in [0, 0.05) is 11.8 Å². The number of rotatable bonds is 2. The molecular weight excluding hydrogens is 264 g/mol. The lowest BCUT2D eigenvalue weighted by atomic mass is 10.1. The molecule has 3 rings (SSSR count). The molecule has 0 aliphatic carbocycles. The Morgan fingerprint density at radius 3 is 2.74 bits per heavy atom. The minimum absolute atomic E-state index is 0.202. The molecule has 5 nitrogen and oxygen atoms in total. The monoisotopic (exact) mass is 272 g/mol. The van der Waals surface area contributed by atoms with Crippen molar-refractivity contribution in [2.24, 2.45) is 0 Å². The molecule has 2 aromatic heterocycles. The number of aromatic nitrogens is 3. The Morgan fingerprint density at radius 2 is 2.00 bits per heavy atom. The van der Waals surface area contributed by atoms with E-state index in [1.807, 2.05) is 18.2 Å². The molecule has 2 heterocycles. The molecule has 3 aromatic rings. The van der Waals surface area contributed by atoms with Gasteiger partial charge in [-0.2, -0.15) is 0 Å². The van der Waals surface area contributed by atoms with Gasteiger partial charge in [0.15, 0.2) is 0 Å². The van der Waals surface area contributed by atoms with Gasteiger partial charge in [0.1, 0.15) is 12.0 Å². The van der Waals surface area contributed by atoms with Crippen molar-refractivity contribution in [1.29, 1.82) is 0 Å². The number of nitrogens with two attached hydrogens (primary N) is 1. The molecule has 0 bridgehead atoms. The van der Waals surface area contributed by atoms with Crippen LogP contribution in [0, 0.1) is 0 Å². The minimum atomic E-state index is 0.202. The number of anilines is 1. The highest BCUT2D eigenvalue weighted by atomic mass is 35.5. The highest BCUT2D eigenvalue weighted by molar-refractivity contribution is 6.33. The summed E-state index contributed by atoms with van der Waals surface area (Å²) in [5, 5.41) is 4.55. The Bertz CT molecular complexity index is 712. The lowest BCUT2D eigenvalue weighted by molar-refractivity contribution is 0.439. The Labute approximate surface area is 114 Å². The van der Waals surface area contributed by atoms with Crippen molar-refractivity contribution in [3.63, 3.8) is 0 Å². The summed E-state index contributed by atoms with van der Waals surface area (Å²) in [6, 6.07) is 9.09. The van der Waals surface area contributed by atoms with Crippen LogP contribution in [0.15, 0.2) is 47.4 Å². The smallest absolute Gasteiger partial charge is 0.232 e. The third kappa shape index (κ3) is 2.04. The number of hydrogen-bond acceptors (Lipinski definition) is 5. The van der Waals surface area contributed by atoms with Gasteiger partial charge in [-0.15, -0.1) is 0 Å². The Morgan fingerprint density at radius 1 is 1.16 bits per heavy atom. The first-order valence-corrected chi connectivity index (χ1v) is 5.91. The molecule has 0 saturated carbocycles. The molecule has 0 radical (unpaired) electrons. The molecule has 0 unspecified atom stereocenters. The number of halogens is 1. The SMILES string of the molecule is Nc1onc(-c2ccccc2Cl)c1-c1ccncn1. The van der Waals surface area contributed by atoms with Crippen LogP contribution in [0.5, 0.6) is 0 Å². The van der Waals surface area contributed by atoms with E-state index in [-0.39, 0.29) is 5.88 Å². The van der Waals surface area contributed by atoms with E-state index in [0.717, 1.165) is 5.56 Å². The molecule has 94 valence electrons. The van der Waals surface area contributed by atoms with Gasteiger partial charge in [-0.1, -0.05) is 35.0 Å². The molecule has 6 heteroatoms. The number of nitrogen functional groups attached to an aromatic ring is 1. The largest absolute Gasteiger partial charge is 0.367 e. The van der Waals surface area contributed by atoms with E-state index in [0.29, 0.717) is 22.0 Å². The van der Waals surface area contributed by atoms with Crippen LogP contribution < -0.4 is 5.73 Å². The first kappa shape index (κ1) is 11.7. The van der Waals surface area contributed by atoms with E-state index in [2.05, 4.69) is 15.1 Å². The lowest BCUT2D eigenvalue weighted by Gasteiger charge is -2.03. The second-order valence-corrected chi connectivity index (χ2v) is 4.25. The number of benzene rings is 1. The van der Waals surface area contributed by atoms with Crippen LogP contribution in [0.4, 0.5) is 5.88 Å². The maximum Gasteiger partial charge on any atom is 0.232 e. The number of nitrogens with zero attached hydrogens (tertiary/aromatic N) is 3. The third-order valence-corrected chi connectivity index (χ3v) is 3.02. The Hall–Kier alpha value is -2.40. The van der Waals surface area contributed by atoms with E-state index < -0.39 is 0 Å². The standard InChI is InChI=1S/C13H9ClN4O/c14-9-4-2-1-3-8(9)12-11(13(15)19-18-12)10-5-6-16-7-17-10/h1-7H,15H2. The normalized spacial score (nSPS) is 10.6. The van der Waals surface area contributed by atoms with Crippen LogP contribution >= 0.6 is 11.6 Å². The first-order valence-electron chi connectivity index (χ1n) is 5.54. The second-order valence-electron chi connectivity index (χ2n) is 3.84. The summed E-state index contributed by atoms with van der Waals surface area (Å²) in [5.74, 6) is 0.202. The van der Waals surface area contributed by atoms with E-state index in [4.69, 9.17) is 21.9 Å². The fourth-order valence-corrected chi connectivity index (χ4v) is 2.05. The molecule has 2 N–H and O–H groups in total. The fraction of sp³-hybridized carbons (Fsp3) is 0. The van der Waals surface area contributed by atoms with Crippen LogP contribution in [0.25, 0.3) is 22.5 Å². The maximum absolute atomic E-state index is 6.17. The lowest BCUT2D eigenvalue weighted by Crippen LogP contribution is -1.91. The summed E-state index contributed by atoms with van der Waals surface area (Å²) in [7, 11) is 0. The van der Waals surface area contributed by atoms with Crippen molar-refractivity contribution in [2.75, 3.05) is 5.73 Å². The molecule has 0 amide bonds. The van der Waals surface area contributed by atoms with Gasteiger partial charge in [0.25, 0.3) is 0 Å². The summed E-state index contributed by atoms with van der Waals surface area (Å²) >= 11 is 6.17.